The van der Waals surface area contributed by atoms with Gasteiger partial charge in [-0.3, -0.25) is 4.72 Å². The molecule has 0 bridgehead atoms. The van der Waals surface area contributed by atoms with Crippen LogP contribution in [0.1, 0.15) is 5.56 Å². The minimum absolute atomic E-state index is 0.0469. The van der Waals surface area contributed by atoms with E-state index in [1.807, 2.05) is 6.07 Å². The second-order valence-electron chi connectivity index (χ2n) is 4.20. The maximum atomic E-state index is 12.4. The van der Waals surface area contributed by atoms with Crippen molar-refractivity contribution in [2.45, 2.75) is 4.90 Å². The van der Waals surface area contributed by atoms with E-state index in [-0.39, 0.29) is 10.6 Å². The second kappa shape index (κ2) is 5.73. The first kappa shape index (κ1) is 14.7. The van der Waals surface area contributed by atoms with Gasteiger partial charge in [0.2, 0.25) is 0 Å². The lowest BCUT2D eigenvalue weighted by atomic mass is 10.2. The molecule has 0 saturated carbocycles. The van der Waals surface area contributed by atoms with Gasteiger partial charge in [-0.2, -0.15) is 5.26 Å². The molecule has 2 aromatic carbocycles. The second-order valence-corrected chi connectivity index (χ2v) is 5.86. The number of sulfonamides is 1. The van der Waals surface area contributed by atoms with Gasteiger partial charge in [0.1, 0.15) is 10.6 Å². The van der Waals surface area contributed by atoms with Crippen LogP contribution in [0.5, 0.6) is 5.75 Å². The van der Waals surface area contributed by atoms with Crippen molar-refractivity contribution in [1.82, 2.24) is 0 Å². The van der Waals surface area contributed by atoms with E-state index in [9.17, 15) is 8.42 Å². The molecule has 3 N–H and O–H groups in total. The number of nitrogen functional groups attached to an aromatic ring is 1. The maximum Gasteiger partial charge on any atom is 0.265 e. The minimum Gasteiger partial charge on any atom is -0.495 e. The first-order valence-corrected chi connectivity index (χ1v) is 7.41. The molecule has 0 unspecified atom stereocenters. The molecular formula is C14H13N3O3S. The average molecular weight is 303 g/mol. The number of nitrogens with one attached hydrogen (secondary N) is 1. The van der Waals surface area contributed by atoms with Crippen molar-refractivity contribution in [2.24, 2.45) is 0 Å². The normalized spacial score (nSPS) is 10.7. The lowest BCUT2D eigenvalue weighted by molar-refractivity contribution is 0.403. The fraction of sp³-hybridized carbons (Fsp3) is 0.0714. The van der Waals surface area contributed by atoms with Gasteiger partial charge in [-0.25, -0.2) is 8.42 Å². The molecule has 0 aromatic heterocycles. The highest BCUT2D eigenvalue weighted by atomic mass is 32.2. The monoisotopic (exact) mass is 303 g/mol. The number of hydrogen-bond donors (Lipinski definition) is 2. The topological polar surface area (TPSA) is 105 Å². The summed E-state index contributed by atoms with van der Waals surface area (Å²) in [6.07, 6.45) is 0. The zero-order chi connectivity index (χ0) is 15.5. The number of ether oxygens (including phenoxy) is 1. The molecule has 21 heavy (non-hydrogen) atoms. The van der Waals surface area contributed by atoms with Crippen LogP contribution in [0.25, 0.3) is 0 Å². The summed E-state index contributed by atoms with van der Waals surface area (Å²) >= 11 is 0. The van der Waals surface area contributed by atoms with Crippen molar-refractivity contribution in [3.8, 4) is 11.8 Å². The molecule has 0 radical (unpaired) electrons. The summed E-state index contributed by atoms with van der Waals surface area (Å²) in [5, 5.41) is 8.72. The highest BCUT2D eigenvalue weighted by molar-refractivity contribution is 7.92. The number of nitrogens with two attached hydrogens (primary N) is 1. The zero-order valence-corrected chi connectivity index (χ0v) is 12.0. The SMILES string of the molecule is COc1ccc(N)cc1S(=O)(=O)Nc1ccc(C#N)cc1. The molecule has 2 aromatic rings. The Morgan fingerprint density at radius 2 is 1.86 bits per heavy atom. The van der Waals surface area contributed by atoms with Crippen LogP contribution in [0.3, 0.4) is 0 Å². The average Bonchev–Trinajstić information content (AvgIpc) is 2.47. The fourth-order valence-electron chi connectivity index (χ4n) is 1.73. The predicted molar refractivity (Wildman–Crippen MR) is 79.4 cm³/mol. The number of methoxy groups -OCH3 is 1. The van der Waals surface area contributed by atoms with E-state index < -0.39 is 10.0 Å². The molecule has 0 saturated heterocycles. The van der Waals surface area contributed by atoms with Crippen molar-refractivity contribution < 1.29 is 13.2 Å². The molecular weight excluding hydrogens is 290 g/mol. The molecule has 0 aliphatic heterocycles. The third-order valence-corrected chi connectivity index (χ3v) is 4.15. The molecule has 0 spiro atoms. The van der Waals surface area contributed by atoms with E-state index >= 15 is 0 Å². The Labute approximate surface area is 122 Å². The number of nitrogens with zero attached hydrogens (tertiary/aromatic N) is 1. The summed E-state index contributed by atoms with van der Waals surface area (Å²) in [7, 11) is -2.45. The van der Waals surface area contributed by atoms with Crippen molar-refractivity contribution in [1.29, 1.82) is 5.26 Å². The molecule has 108 valence electrons. The summed E-state index contributed by atoms with van der Waals surface area (Å²) in [6.45, 7) is 0. The summed E-state index contributed by atoms with van der Waals surface area (Å²) < 4.78 is 32.2. The Morgan fingerprint density at radius 1 is 1.19 bits per heavy atom. The summed E-state index contributed by atoms with van der Waals surface area (Å²) in [4.78, 5) is -0.0469. The van der Waals surface area contributed by atoms with Gasteiger partial charge < -0.3 is 10.5 Å². The largest absolute Gasteiger partial charge is 0.495 e. The molecule has 0 atom stereocenters. The number of benzene rings is 2. The molecule has 0 amide bonds. The van der Waals surface area contributed by atoms with Gasteiger partial charge >= 0.3 is 0 Å². The Hall–Kier alpha value is -2.72. The molecule has 2 rings (SSSR count). The third kappa shape index (κ3) is 3.24. The van der Waals surface area contributed by atoms with Crippen LogP contribution in [0.2, 0.25) is 0 Å². The van der Waals surface area contributed by atoms with E-state index in [4.69, 9.17) is 15.7 Å². The molecule has 0 aliphatic carbocycles. The zero-order valence-electron chi connectivity index (χ0n) is 11.2. The molecule has 0 fully saturated rings. The van der Waals surface area contributed by atoms with Crippen molar-refractivity contribution in [3.05, 3.63) is 48.0 Å². The van der Waals surface area contributed by atoms with Gasteiger partial charge in [0, 0.05) is 11.4 Å². The molecule has 7 heteroatoms. The van der Waals surface area contributed by atoms with Gasteiger partial charge in [0.05, 0.1) is 18.7 Å². The Bertz CT molecular complexity index is 793. The lowest BCUT2D eigenvalue weighted by Crippen LogP contribution is -2.14. The standard InChI is InChI=1S/C14H13N3O3S/c1-20-13-7-4-11(16)8-14(13)21(18,19)17-12-5-2-10(9-15)3-6-12/h2-8,17H,16H2,1H3. The van der Waals surface area contributed by atoms with Crippen molar-refractivity contribution >= 4 is 21.4 Å². The van der Waals surface area contributed by atoms with Crippen LogP contribution in [0.4, 0.5) is 11.4 Å². The van der Waals surface area contributed by atoms with E-state index in [0.29, 0.717) is 16.9 Å². The molecule has 0 aliphatic rings. The van der Waals surface area contributed by atoms with Crippen molar-refractivity contribution in [2.75, 3.05) is 17.6 Å². The van der Waals surface area contributed by atoms with Crippen LogP contribution in [0, 0.1) is 11.3 Å². The van der Waals surface area contributed by atoms with E-state index in [2.05, 4.69) is 4.72 Å². The van der Waals surface area contributed by atoms with Gasteiger partial charge in [-0.15, -0.1) is 0 Å². The van der Waals surface area contributed by atoms with Gasteiger partial charge in [-0.1, -0.05) is 0 Å². The summed E-state index contributed by atoms with van der Waals surface area (Å²) in [6, 6.07) is 12.4. The molecule has 0 heterocycles. The number of rotatable bonds is 4. The highest BCUT2D eigenvalue weighted by Crippen LogP contribution is 2.27. The van der Waals surface area contributed by atoms with Gasteiger partial charge in [0.15, 0.2) is 0 Å². The van der Waals surface area contributed by atoms with Crippen LogP contribution < -0.4 is 15.2 Å². The number of nitriles is 1. The highest BCUT2D eigenvalue weighted by Gasteiger charge is 2.20. The first-order chi connectivity index (χ1) is 9.96. The van der Waals surface area contributed by atoms with E-state index in [1.165, 1.54) is 43.5 Å². The van der Waals surface area contributed by atoms with E-state index in [0.717, 1.165) is 0 Å². The van der Waals surface area contributed by atoms with Gasteiger partial charge in [-0.05, 0) is 42.5 Å². The summed E-state index contributed by atoms with van der Waals surface area (Å²) in [5.74, 6) is 0.199. The minimum atomic E-state index is -3.84. The fourth-order valence-corrected chi connectivity index (χ4v) is 2.99. The Morgan fingerprint density at radius 3 is 2.43 bits per heavy atom. The van der Waals surface area contributed by atoms with Crippen LogP contribution in [-0.4, -0.2) is 15.5 Å². The van der Waals surface area contributed by atoms with Crippen LogP contribution in [-0.2, 0) is 10.0 Å². The summed E-state index contributed by atoms with van der Waals surface area (Å²) in [5.41, 5.74) is 6.73. The van der Waals surface area contributed by atoms with Crippen molar-refractivity contribution in [3.63, 3.8) is 0 Å². The lowest BCUT2D eigenvalue weighted by Gasteiger charge is -2.12. The van der Waals surface area contributed by atoms with Gasteiger partial charge in [0.25, 0.3) is 10.0 Å². The predicted octanol–water partition coefficient (Wildman–Crippen LogP) is 1.95. The number of anilines is 2. The third-order valence-electron chi connectivity index (χ3n) is 2.74. The first-order valence-electron chi connectivity index (χ1n) is 5.93. The molecule has 6 nitrogen and oxygen atoms in total. The quantitative estimate of drug-likeness (QED) is 0.840. The Kier molecular flexibility index (Phi) is 4.00. The Balaban J connectivity index is 2.38. The smallest absolute Gasteiger partial charge is 0.265 e. The van der Waals surface area contributed by atoms with Crippen LogP contribution in [0.15, 0.2) is 47.4 Å². The van der Waals surface area contributed by atoms with Crippen LogP contribution >= 0.6 is 0 Å². The maximum absolute atomic E-state index is 12.4. The van der Waals surface area contributed by atoms with E-state index in [1.54, 1.807) is 6.07 Å². The number of hydrogen-bond acceptors (Lipinski definition) is 5.